The van der Waals surface area contributed by atoms with Crippen LogP contribution < -0.4 is 15.2 Å². The highest BCUT2D eigenvalue weighted by atomic mass is 16.5. The first-order chi connectivity index (χ1) is 10.5. The minimum absolute atomic E-state index is 0.162. The molecular formula is C17H26N2O3. The molecule has 1 atom stereocenters. The fraction of sp³-hybridized carbons (Fsp3) is 0.588. The summed E-state index contributed by atoms with van der Waals surface area (Å²) in [4.78, 5) is 14.4. The number of hydrogen-bond acceptors (Lipinski definition) is 4. The van der Waals surface area contributed by atoms with Crippen LogP contribution in [0.25, 0.3) is 0 Å². The molecule has 1 fully saturated rings. The van der Waals surface area contributed by atoms with Crippen LogP contribution in [-0.4, -0.2) is 44.2 Å². The lowest BCUT2D eigenvalue weighted by Gasteiger charge is -2.33. The lowest BCUT2D eigenvalue weighted by Crippen LogP contribution is -2.43. The molecule has 0 saturated carbocycles. The molecule has 1 aromatic rings. The van der Waals surface area contributed by atoms with Gasteiger partial charge in [0, 0.05) is 19.1 Å². The number of likely N-dealkylation sites (tertiary alicyclic amines) is 1. The number of carbonyl (C=O) groups excluding carboxylic acids is 1. The van der Waals surface area contributed by atoms with Crippen molar-refractivity contribution in [3.63, 3.8) is 0 Å². The van der Waals surface area contributed by atoms with Gasteiger partial charge in [-0.25, -0.2) is 0 Å². The summed E-state index contributed by atoms with van der Waals surface area (Å²) in [5, 5.41) is 0. The van der Waals surface area contributed by atoms with Crippen molar-refractivity contribution in [2.45, 2.75) is 32.2 Å². The van der Waals surface area contributed by atoms with E-state index in [-0.39, 0.29) is 11.9 Å². The van der Waals surface area contributed by atoms with E-state index in [1.54, 1.807) is 14.2 Å². The van der Waals surface area contributed by atoms with Crippen molar-refractivity contribution in [1.82, 2.24) is 4.90 Å². The molecule has 1 aromatic carbocycles. The lowest BCUT2D eigenvalue weighted by atomic mass is 9.91. The average Bonchev–Trinajstić information content (AvgIpc) is 2.54. The third-order valence-corrected chi connectivity index (χ3v) is 4.44. The number of methoxy groups -OCH3 is 2. The number of nitrogens with two attached hydrogens (primary N) is 1. The van der Waals surface area contributed by atoms with Crippen LogP contribution in [0.2, 0.25) is 0 Å². The quantitative estimate of drug-likeness (QED) is 0.901. The van der Waals surface area contributed by atoms with Crippen LogP contribution in [0.5, 0.6) is 11.5 Å². The monoisotopic (exact) mass is 306 g/mol. The van der Waals surface area contributed by atoms with Crippen molar-refractivity contribution in [3.8, 4) is 11.5 Å². The Balaban J connectivity index is 1.95. The Morgan fingerprint density at radius 3 is 2.45 bits per heavy atom. The van der Waals surface area contributed by atoms with E-state index in [2.05, 4.69) is 0 Å². The summed E-state index contributed by atoms with van der Waals surface area (Å²) in [5.41, 5.74) is 6.88. The van der Waals surface area contributed by atoms with Crippen LogP contribution in [0.15, 0.2) is 18.2 Å². The van der Waals surface area contributed by atoms with Gasteiger partial charge in [0.2, 0.25) is 5.91 Å². The van der Waals surface area contributed by atoms with Gasteiger partial charge in [-0.3, -0.25) is 4.79 Å². The fourth-order valence-electron chi connectivity index (χ4n) is 2.95. The third-order valence-electron chi connectivity index (χ3n) is 4.44. The minimum Gasteiger partial charge on any atom is -0.493 e. The molecule has 1 heterocycles. The maximum atomic E-state index is 12.4. The maximum Gasteiger partial charge on any atom is 0.226 e. The highest BCUT2D eigenvalue weighted by Gasteiger charge is 2.24. The number of benzene rings is 1. The van der Waals surface area contributed by atoms with E-state index >= 15 is 0 Å². The zero-order valence-corrected chi connectivity index (χ0v) is 13.7. The Hall–Kier alpha value is -1.75. The molecule has 0 radical (unpaired) electrons. The maximum absolute atomic E-state index is 12.4. The Morgan fingerprint density at radius 1 is 1.27 bits per heavy atom. The van der Waals surface area contributed by atoms with E-state index in [0.717, 1.165) is 31.5 Å². The summed E-state index contributed by atoms with van der Waals surface area (Å²) in [6.07, 6.45) is 2.38. The zero-order chi connectivity index (χ0) is 16.1. The van der Waals surface area contributed by atoms with Crippen molar-refractivity contribution in [1.29, 1.82) is 0 Å². The van der Waals surface area contributed by atoms with Crippen LogP contribution in [0.3, 0.4) is 0 Å². The first-order valence-electron chi connectivity index (χ1n) is 7.79. The van der Waals surface area contributed by atoms with Gasteiger partial charge in [0.1, 0.15) is 0 Å². The van der Waals surface area contributed by atoms with Gasteiger partial charge in [0.15, 0.2) is 11.5 Å². The number of amides is 1. The van der Waals surface area contributed by atoms with E-state index in [4.69, 9.17) is 15.2 Å². The van der Waals surface area contributed by atoms with Gasteiger partial charge in [-0.1, -0.05) is 6.07 Å². The molecule has 2 N–H and O–H groups in total. The third kappa shape index (κ3) is 3.91. The Morgan fingerprint density at radius 2 is 1.91 bits per heavy atom. The minimum atomic E-state index is 0.162. The summed E-state index contributed by atoms with van der Waals surface area (Å²) in [6.45, 7) is 3.66. The van der Waals surface area contributed by atoms with Crippen LogP contribution in [-0.2, 0) is 11.2 Å². The van der Waals surface area contributed by atoms with Crippen molar-refractivity contribution in [2.75, 3.05) is 27.3 Å². The molecule has 0 spiro atoms. The Kier molecular flexibility index (Phi) is 5.66. The lowest BCUT2D eigenvalue weighted by molar-refractivity contribution is -0.131. The molecule has 5 nitrogen and oxygen atoms in total. The summed E-state index contributed by atoms with van der Waals surface area (Å²) >= 11 is 0. The van der Waals surface area contributed by atoms with Crippen molar-refractivity contribution in [2.24, 2.45) is 11.7 Å². The molecule has 0 bridgehead atoms. The number of ether oxygens (including phenoxy) is 2. The Labute approximate surface area is 132 Å². The van der Waals surface area contributed by atoms with Crippen LogP contribution in [0.1, 0.15) is 25.3 Å². The molecule has 1 saturated heterocycles. The summed E-state index contributed by atoms with van der Waals surface area (Å²) in [5.74, 6) is 2.03. The molecule has 2 rings (SSSR count). The molecule has 22 heavy (non-hydrogen) atoms. The predicted octanol–water partition coefficient (Wildman–Crippen LogP) is 1.83. The highest BCUT2D eigenvalue weighted by Crippen LogP contribution is 2.28. The molecule has 0 aliphatic carbocycles. The van der Waals surface area contributed by atoms with Crippen LogP contribution in [0.4, 0.5) is 0 Å². The van der Waals surface area contributed by atoms with E-state index in [1.165, 1.54) is 0 Å². The van der Waals surface area contributed by atoms with E-state index < -0.39 is 0 Å². The largest absolute Gasteiger partial charge is 0.493 e. The van der Waals surface area contributed by atoms with Gasteiger partial charge >= 0.3 is 0 Å². The van der Waals surface area contributed by atoms with Crippen LogP contribution in [0, 0.1) is 5.92 Å². The molecular weight excluding hydrogens is 280 g/mol. The van der Waals surface area contributed by atoms with Gasteiger partial charge in [-0.05, 0) is 43.4 Å². The molecule has 1 amide bonds. The Bertz CT molecular complexity index is 509. The van der Waals surface area contributed by atoms with E-state index in [0.29, 0.717) is 23.8 Å². The smallest absolute Gasteiger partial charge is 0.226 e. The number of hydrogen-bond donors (Lipinski definition) is 1. The first-order valence-corrected chi connectivity index (χ1v) is 7.79. The van der Waals surface area contributed by atoms with Gasteiger partial charge in [-0.15, -0.1) is 0 Å². The van der Waals surface area contributed by atoms with Crippen LogP contribution >= 0.6 is 0 Å². The highest BCUT2D eigenvalue weighted by molar-refractivity contribution is 5.79. The van der Waals surface area contributed by atoms with Gasteiger partial charge in [0.25, 0.3) is 0 Å². The first kappa shape index (κ1) is 16.6. The number of carbonyl (C=O) groups is 1. The molecule has 122 valence electrons. The fourth-order valence-corrected chi connectivity index (χ4v) is 2.95. The van der Waals surface area contributed by atoms with Gasteiger partial charge in [0.05, 0.1) is 20.6 Å². The molecule has 1 aliphatic heterocycles. The van der Waals surface area contributed by atoms with Gasteiger partial charge < -0.3 is 20.1 Å². The van der Waals surface area contributed by atoms with Crippen molar-refractivity contribution in [3.05, 3.63) is 23.8 Å². The second-order valence-electron chi connectivity index (χ2n) is 5.94. The normalized spacial score (nSPS) is 17.2. The van der Waals surface area contributed by atoms with E-state index in [9.17, 15) is 4.79 Å². The molecule has 1 aliphatic rings. The number of piperidine rings is 1. The second kappa shape index (κ2) is 7.49. The summed E-state index contributed by atoms with van der Waals surface area (Å²) < 4.78 is 10.5. The molecule has 5 heteroatoms. The predicted molar refractivity (Wildman–Crippen MR) is 86.2 cm³/mol. The van der Waals surface area contributed by atoms with Crippen molar-refractivity contribution >= 4 is 5.91 Å². The zero-order valence-electron chi connectivity index (χ0n) is 13.7. The summed E-state index contributed by atoms with van der Waals surface area (Å²) in [7, 11) is 3.20. The summed E-state index contributed by atoms with van der Waals surface area (Å²) in [6, 6.07) is 5.83. The standard InChI is InChI=1S/C17H26N2O3/c1-12(18)14-6-8-19(9-7-14)17(20)11-13-4-5-15(21-2)16(10-13)22-3/h4-5,10,12,14H,6-9,11,18H2,1-3H3. The SMILES string of the molecule is COc1ccc(CC(=O)N2CCC(C(C)N)CC2)cc1OC. The number of nitrogens with zero attached hydrogens (tertiary/aromatic N) is 1. The van der Waals surface area contributed by atoms with Crippen molar-refractivity contribution < 1.29 is 14.3 Å². The second-order valence-corrected chi connectivity index (χ2v) is 5.94. The average molecular weight is 306 g/mol. The molecule has 0 aromatic heterocycles. The number of rotatable bonds is 5. The van der Waals surface area contributed by atoms with E-state index in [1.807, 2.05) is 30.0 Å². The van der Waals surface area contributed by atoms with Gasteiger partial charge in [-0.2, -0.15) is 0 Å². The topological polar surface area (TPSA) is 64.8 Å². The molecule has 1 unspecified atom stereocenters.